The van der Waals surface area contributed by atoms with Crippen LogP contribution >= 0.6 is 0 Å². The topological polar surface area (TPSA) is 58.1 Å². The SMILES string of the molecule is CC1CCN(c2ccc(NC(=O)c3cccnc3)nc2)CC1. The van der Waals surface area contributed by atoms with E-state index >= 15 is 0 Å². The van der Waals surface area contributed by atoms with Crippen molar-refractivity contribution in [2.45, 2.75) is 19.8 Å². The summed E-state index contributed by atoms with van der Waals surface area (Å²) in [6.45, 7) is 4.45. The first-order valence-corrected chi connectivity index (χ1v) is 7.65. The standard InChI is InChI=1S/C17H20N4O/c1-13-6-9-21(10-7-13)15-4-5-16(19-12-15)20-17(22)14-3-2-8-18-11-14/h2-5,8,11-13H,6-7,9-10H2,1H3,(H,19,20,22). The van der Waals surface area contributed by atoms with Gasteiger partial charge in [0.1, 0.15) is 5.82 Å². The van der Waals surface area contributed by atoms with Gasteiger partial charge < -0.3 is 10.2 Å². The molecule has 114 valence electrons. The van der Waals surface area contributed by atoms with Gasteiger partial charge in [-0.15, -0.1) is 0 Å². The Kier molecular flexibility index (Phi) is 4.32. The lowest BCUT2D eigenvalue weighted by molar-refractivity contribution is 0.102. The number of nitrogens with zero attached hydrogens (tertiary/aromatic N) is 3. The molecule has 5 nitrogen and oxygen atoms in total. The molecular weight excluding hydrogens is 276 g/mol. The van der Waals surface area contributed by atoms with Crippen LogP contribution in [0.5, 0.6) is 0 Å². The third-order valence-electron chi connectivity index (χ3n) is 4.06. The molecule has 1 amide bonds. The van der Waals surface area contributed by atoms with Gasteiger partial charge in [0.05, 0.1) is 17.4 Å². The molecule has 0 radical (unpaired) electrons. The fourth-order valence-electron chi connectivity index (χ4n) is 2.60. The van der Waals surface area contributed by atoms with Gasteiger partial charge in [-0.25, -0.2) is 4.98 Å². The highest BCUT2D eigenvalue weighted by atomic mass is 16.1. The van der Waals surface area contributed by atoms with Gasteiger partial charge in [-0.1, -0.05) is 6.92 Å². The molecule has 1 saturated heterocycles. The van der Waals surface area contributed by atoms with Crippen LogP contribution in [0.3, 0.4) is 0 Å². The number of nitrogens with one attached hydrogen (secondary N) is 1. The number of hydrogen-bond donors (Lipinski definition) is 1. The van der Waals surface area contributed by atoms with E-state index in [1.165, 1.54) is 12.8 Å². The average Bonchev–Trinajstić information content (AvgIpc) is 2.57. The van der Waals surface area contributed by atoms with Crippen molar-refractivity contribution in [2.24, 2.45) is 5.92 Å². The summed E-state index contributed by atoms with van der Waals surface area (Å²) >= 11 is 0. The van der Waals surface area contributed by atoms with Gasteiger partial charge in [-0.3, -0.25) is 9.78 Å². The Morgan fingerprint density at radius 3 is 2.68 bits per heavy atom. The zero-order valence-corrected chi connectivity index (χ0v) is 12.7. The van der Waals surface area contributed by atoms with E-state index in [2.05, 4.69) is 27.1 Å². The number of piperidine rings is 1. The maximum atomic E-state index is 12.0. The lowest BCUT2D eigenvalue weighted by Gasteiger charge is -2.31. The highest BCUT2D eigenvalue weighted by Gasteiger charge is 2.16. The summed E-state index contributed by atoms with van der Waals surface area (Å²) in [5.74, 6) is 1.17. The molecule has 1 fully saturated rings. The summed E-state index contributed by atoms with van der Waals surface area (Å²) in [7, 11) is 0. The van der Waals surface area contributed by atoms with Crippen molar-refractivity contribution in [2.75, 3.05) is 23.3 Å². The minimum atomic E-state index is -0.194. The van der Waals surface area contributed by atoms with Gasteiger partial charge in [-0.2, -0.15) is 0 Å². The van der Waals surface area contributed by atoms with E-state index in [1.54, 1.807) is 24.5 Å². The summed E-state index contributed by atoms with van der Waals surface area (Å²) in [6.07, 6.45) is 7.45. The summed E-state index contributed by atoms with van der Waals surface area (Å²) in [5.41, 5.74) is 1.64. The molecule has 22 heavy (non-hydrogen) atoms. The minimum absolute atomic E-state index is 0.194. The van der Waals surface area contributed by atoms with Gasteiger partial charge in [0.2, 0.25) is 0 Å². The Bertz CT molecular complexity index is 619. The van der Waals surface area contributed by atoms with E-state index in [0.717, 1.165) is 24.7 Å². The van der Waals surface area contributed by atoms with Crippen LogP contribution in [0.15, 0.2) is 42.9 Å². The first-order chi connectivity index (χ1) is 10.7. The number of carbonyl (C=O) groups excluding carboxylic acids is 1. The molecule has 0 atom stereocenters. The molecular formula is C17H20N4O. The van der Waals surface area contributed by atoms with Crippen LogP contribution in [0.2, 0.25) is 0 Å². The summed E-state index contributed by atoms with van der Waals surface area (Å²) in [5, 5.41) is 2.79. The molecule has 3 heterocycles. The maximum Gasteiger partial charge on any atom is 0.258 e. The monoisotopic (exact) mass is 296 g/mol. The van der Waals surface area contributed by atoms with Crippen molar-refractivity contribution < 1.29 is 4.79 Å². The molecule has 0 spiro atoms. The van der Waals surface area contributed by atoms with E-state index in [4.69, 9.17) is 0 Å². The maximum absolute atomic E-state index is 12.0. The van der Waals surface area contributed by atoms with Crippen molar-refractivity contribution in [1.82, 2.24) is 9.97 Å². The number of amides is 1. The second-order valence-electron chi connectivity index (χ2n) is 5.77. The third-order valence-corrected chi connectivity index (χ3v) is 4.06. The molecule has 1 aliphatic rings. The van der Waals surface area contributed by atoms with E-state index in [0.29, 0.717) is 11.4 Å². The second kappa shape index (κ2) is 6.56. The van der Waals surface area contributed by atoms with Gasteiger partial charge in [0.15, 0.2) is 0 Å². The average molecular weight is 296 g/mol. The number of carbonyl (C=O) groups is 1. The fraction of sp³-hybridized carbons (Fsp3) is 0.353. The quantitative estimate of drug-likeness (QED) is 0.946. The molecule has 2 aromatic heterocycles. The Morgan fingerprint density at radius 2 is 2.05 bits per heavy atom. The molecule has 0 aromatic carbocycles. The number of rotatable bonds is 3. The number of pyridine rings is 2. The highest BCUT2D eigenvalue weighted by Crippen LogP contribution is 2.23. The van der Waals surface area contributed by atoms with Gasteiger partial charge in [-0.05, 0) is 43.0 Å². The van der Waals surface area contributed by atoms with E-state index in [1.807, 2.05) is 18.3 Å². The first kappa shape index (κ1) is 14.5. The molecule has 3 rings (SSSR count). The second-order valence-corrected chi connectivity index (χ2v) is 5.77. The Labute approximate surface area is 130 Å². The molecule has 0 aliphatic carbocycles. The Balaban J connectivity index is 1.63. The predicted molar refractivity (Wildman–Crippen MR) is 87.0 cm³/mol. The lowest BCUT2D eigenvalue weighted by atomic mass is 9.99. The number of hydrogen-bond acceptors (Lipinski definition) is 4. The molecule has 1 N–H and O–H groups in total. The fourth-order valence-corrected chi connectivity index (χ4v) is 2.60. The number of anilines is 2. The number of aromatic nitrogens is 2. The molecule has 1 aliphatic heterocycles. The smallest absolute Gasteiger partial charge is 0.258 e. The summed E-state index contributed by atoms with van der Waals surface area (Å²) in [6, 6.07) is 7.33. The van der Waals surface area contributed by atoms with Crippen molar-refractivity contribution in [1.29, 1.82) is 0 Å². The molecule has 0 unspecified atom stereocenters. The zero-order chi connectivity index (χ0) is 15.4. The van der Waals surface area contributed by atoms with E-state index in [-0.39, 0.29) is 5.91 Å². The van der Waals surface area contributed by atoms with Crippen LogP contribution in [-0.4, -0.2) is 29.0 Å². The van der Waals surface area contributed by atoms with Crippen LogP contribution < -0.4 is 10.2 Å². The lowest BCUT2D eigenvalue weighted by Crippen LogP contribution is -2.32. The zero-order valence-electron chi connectivity index (χ0n) is 12.7. The minimum Gasteiger partial charge on any atom is -0.370 e. The van der Waals surface area contributed by atoms with Crippen LogP contribution in [0.4, 0.5) is 11.5 Å². The van der Waals surface area contributed by atoms with Crippen LogP contribution in [-0.2, 0) is 0 Å². The van der Waals surface area contributed by atoms with Crippen molar-refractivity contribution >= 4 is 17.4 Å². The Hall–Kier alpha value is -2.43. The molecule has 0 bridgehead atoms. The van der Waals surface area contributed by atoms with Crippen molar-refractivity contribution in [3.63, 3.8) is 0 Å². The molecule has 0 saturated carbocycles. The van der Waals surface area contributed by atoms with Gasteiger partial charge >= 0.3 is 0 Å². The summed E-state index contributed by atoms with van der Waals surface area (Å²) in [4.78, 5) is 22.7. The largest absolute Gasteiger partial charge is 0.370 e. The van der Waals surface area contributed by atoms with E-state index < -0.39 is 0 Å². The van der Waals surface area contributed by atoms with Gasteiger partial charge in [0, 0.05) is 25.5 Å². The molecule has 5 heteroatoms. The van der Waals surface area contributed by atoms with Crippen molar-refractivity contribution in [3.8, 4) is 0 Å². The third kappa shape index (κ3) is 3.42. The normalized spacial score (nSPS) is 15.6. The first-order valence-electron chi connectivity index (χ1n) is 7.65. The summed E-state index contributed by atoms with van der Waals surface area (Å²) < 4.78 is 0. The van der Waals surface area contributed by atoms with Crippen LogP contribution in [0.1, 0.15) is 30.1 Å². The van der Waals surface area contributed by atoms with E-state index in [9.17, 15) is 4.79 Å². The van der Waals surface area contributed by atoms with Crippen LogP contribution in [0, 0.1) is 5.92 Å². The predicted octanol–water partition coefficient (Wildman–Crippen LogP) is 2.97. The van der Waals surface area contributed by atoms with Gasteiger partial charge in [0.25, 0.3) is 5.91 Å². The van der Waals surface area contributed by atoms with Crippen molar-refractivity contribution in [3.05, 3.63) is 48.4 Å². The molecule has 2 aromatic rings. The van der Waals surface area contributed by atoms with Crippen LogP contribution in [0.25, 0.3) is 0 Å². The Morgan fingerprint density at radius 1 is 1.23 bits per heavy atom. The highest BCUT2D eigenvalue weighted by molar-refractivity contribution is 6.03.